The third-order valence-corrected chi connectivity index (χ3v) is 4.55. The number of hydrogen-bond donors (Lipinski definition) is 1. The molecule has 1 fully saturated rings. The zero-order chi connectivity index (χ0) is 14.6. The lowest BCUT2D eigenvalue weighted by atomic mass is 9.80. The quantitative estimate of drug-likeness (QED) is 0.866. The van der Waals surface area contributed by atoms with E-state index in [1.54, 1.807) is 0 Å². The van der Waals surface area contributed by atoms with Gasteiger partial charge in [-0.3, -0.25) is 4.79 Å². The normalized spacial score (nSPS) is 18.8. The van der Waals surface area contributed by atoms with Crippen molar-refractivity contribution in [2.45, 2.75) is 25.6 Å². The van der Waals surface area contributed by atoms with Crippen molar-refractivity contribution in [3.8, 4) is 0 Å². The number of rotatable bonds is 4. The predicted octanol–water partition coefficient (Wildman–Crippen LogP) is 2.89. The molecule has 0 bridgehead atoms. The summed E-state index contributed by atoms with van der Waals surface area (Å²) in [5, 5.41) is 3.07. The number of alkyl halides is 1. The molecule has 0 spiro atoms. The maximum atomic E-state index is 12.1. The van der Waals surface area contributed by atoms with Gasteiger partial charge in [0.2, 0.25) is 0 Å². The minimum Gasteiger partial charge on any atom is -0.351 e. The molecule has 1 heterocycles. The van der Waals surface area contributed by atoms with E-state index < -0.39 is 0 Å². The molecule has 110 valence electrons. The summed E-state index contributed by atoms with van der Waals surface area (Å²) in [5.41, 5.74) is 1.96. The lowest BCUT2D eigenvalue weighted by Crippen LogP contribution is -2.43. The molecule has 0 unspecified atom stereocenters. The van der Waals surface area contributed by atoms with Crippen LogP contribution < -0.4 is 5.32 Å². The molecule has 2 rings (SSSR count). The molecule has 1 aliphatic heterocycles. The molecule has 1 N–H and O–H groups in total. The van der Waals surface area contributed by atoms with Crippen LogP contribution in [0.5, 0.6) is 0 Å². The van der Waals surface area contributed by atoms with Crippen LogP contribution in [0.3, 0.4) is 0 Å². The van der Waals surface area contributed by atoms with Crippen LogP contribution in [0.1, 0.15) is 35.7 Å². The SMILES string of the molecule is CN1CCC(C)(CNC(=O)c2ccc(CCl)cc2)CC1. The van der Waals surface area contributed by atoms with E-state index >= 15 is 0 Å². The molecule has 3 nitrogen and oxygen atoms in total. The molecule has 0 radical (unpaired) electrons. The highest BCUT2D eigenvalue weighted by Gasteiger charge is 2.29. The fourth-order valence-corrected chi connectivity index (χ4v) is 2.65. The summed E-state index contributed by atoms with van der Waals surface area (Å²) in [6, 6.07) is 7.48. The minimum atomic E-state index is 0.00581. The van der Waals surface area contributed by atoms with Crippen molar-refractivity contribution in [3.05, 3.63) is 35.4 Å². The number of likely N-dealkylation sites (tertiary alicyclic amines) is 1. The lowest BCUT2D eigenvalue weighted by molar-refractivity contribution is 0.0891. The number of nitrogens with one attached hydrogen (secondary N) is 1. The van der Waals surface area contributed by atoms with Gasteiger partial charge in [0, 0.05) is 18.0 Å². The number of hydrogen-bond acceptors (Lipinski definition) is 2. The monoisotopic (exact) mass is 294 g/mol. The van der Waals surface area contributed by atoms with Crippen molar-refractivity contribution in [1.29, 1.82) is 0 Å². The third-order valence-electron chi connectivity index (χ3n) is 4.24. The topological polar surface area (TPSA) is 32.3 Å². The minimum absolute atomic E-state index is 0.00581. The van der Waals surface area contributed by atoms with Crippen LogP contribution in [0.2, 0.25) is 0 Å². The maximum Gasteiger partial charge on any atom is 0.251 e. The Morgan fingerprint density at radius 3 is 2.45 bits per heavy atom. The van der Waals surface area contributed by atoms with Crippen LogP contribution in [0.25, 0.3) is 0 Å². The standard InChI is InChI=1S/C16H23ClN2O/c1-16(7-9-19(2)10-8-16)12-18-15(20)14-5-3-13(11-17)4-6-14/h3-6H,7-12H2,1-2H3,(H,18,20). The largest absolute Gasteiger partial charge is 0.351 e. The highest BCUT2D eigenvalue weighted by atomic mass is 35.5. The van der Waals surface area contributed by atoms with Crippen LogP contribution in [-0.2, 0) is 5.88 Å². The highest BCUT2D eigenvalue weighted by Crippen LogP contribution is 2.29. The first kappa shape index (κ1) is 15.3. The molecular formula is C16H23ClN2O. The van der Waals surface area contributed by atoms with E-state index in [-0.39, 0.29) is 11.3 Å². The molecule has 20 heavy (non-hydrogen) atoms. The molecule has 0 aliphatic carbocycles. The number of amides is 1. The van der Waals surface area contributed by atoms with Gasteiger partial charge in [-0.2, -0.15) is 0 Å². The number of piperidine rings is 1. The Kier molecular flexibility index (Phi) is 5.06. The first-order valence-corrected chi connectivity index (χ1v) is 7.67. The van der Waals surface area contributed by atoms with E-state index in [4.69, 9.17) is 11.6 Å². The first-order valence-electron chi connectivity index (χ1n) is 7.14. The molecular weight excluding hydrogens is 272 g/mol. The summed E-state index contributed by atoms with van der Waals surface area (Å²) in [7, 11) is 2.15. The number of carbonyl (C=O) groups excluding carboxylic acids is 1. The number of benzene rings is 1. The van der Waals surface area contributed by atoms with Gasteiger partial charge in [0.15, 0.2) is 0 Å². The smallest absolute Gasteiger partial charge is 0.251 e. The molecule has 1 aromatic carbocycles. The Hall–Kier alpha value is -1.06. The zero-order valence-electron chi connectivity index (χ0n) is 12.3. The van der Waals surface area contributed by atoms with Gasteiger partial charge >= 0.3 is 0 Å². The summed E-state index contributed by atoms with van der Waals surface area (Å²) in [6.45, 7) is 5.22. The maximum absolute atomic E-state index is 12.1. The van der Waals surface area contributed by atoms with E-state index in [1.165, 1.54) is 0 Å². The second-order valence-electron chi connectivity index (χ2n) is 6.13. The summed E-state index contributed by atoms with van der Waals surface area (Å²) < 4.78 is 0. The van der Waals surface area contributed by atoms with Crippen molar-refractivity contribution in [1.82, 2.24) is 10.2 Å². The first-order chi connectivity index (χ1) is 9.52. The Labute approximate surface area is 126 Å². The van der Waals surface area contributed by atoms with Gasteiger partial charge in [0.25, 0.3) is 5.91 Å². The van der Waals surface area contributed by atoms with Crippen LogP contribution in [0.15, 0.2) is 24.3 Å². The van der Waals surface area contributed by atoms with Crippen molar-refractivity contribution in [2.24, 2.45) is 5.41 Å². The molecule has 4 heteroatoms. The van der Waals surface area contributed by atoms with Crippen molar-refractivity contribution < 1.29 is 4.79 Å². The van der Waals surface area contributed by atoms with Gasteiger partial charge < -0.3 is 10.2 Å². The van der Waals surface area contributed by atoms with Crippen molar-refractivity contribution in [3.63, 3.8) is 0 Å². The van der Waals surface area contributed by atoms with E-state index in [0.29, 0.717) is 11.4 Å². The molecule has 1 saturated heterocycles. The number of carbonyl (C=O) groups is 1. The van der Waals surface area contributed by atoms with E-state index in [0.717, 1.165) is 38.0 Å². The second-order valence-corrected chi connectivity index (χ2v) is 6.39. The second kappa shape index (κ2) is 6.59. The van der Waals surface area contributed by atoms with Crippen LogP contribution >= 0.6 is 11.6 Å². The van der Waals surface area contributed by atoms with Gasteiger partial charge in [0.1, 0.15) is 0 Å². The van der Waals surface area contributed by atoms with Crippen molar-refractivity contribution in [2.75, 3.05) is 26.7 Å². The zero-order valence-corrected chi connectivity index (χ0v) is 13.0. The Morgan fingerprint density at radius 2 is 1.90 bits per heavy atom. The van der Waals surface area contributed by atoms with Crippen molar-refractivity contribution >= 4 is 17.5 Å². The predicted molar refractivity (Wildman–Crippen MR) is 83.2 cm³/mol. The summed E-state index contributed by atoms with van der Waals surface area (Å²) in [5.74, 6) is 0.485. The molecule has 0 saturated carbocycles. The third kappa shape index (κ3) is 3.97. The van der Waals surface area contributed by atoms with Gasteiger partial charge in [-0.25, -0.2) is 0 Å². The Morgan fingerprint density at radius 1 is 1.30 bits per heavy atom. The van der Waals surface area contributed by atoms with Crippen LogP contribution in [0.4, 0.5) is 0 Å². The van der Waals surface area contributed by atoms with Crippen LogP contribution in [-0.4, -0.2) is 37.5 Å². The average molecular weight is 295 g/mol. The molecule has 1 aliphatic rings. The summed E-state index contributed by atoms with van der Waals surface area (Å²) >= 11 is 5.75. The van der Waals surface area contributed by atoms with Gasteiger partial charge in [-0.1, -0.05) is 19.1 Å². The fourth-order valence-electron chi connectivity index (χ4n) is 2.48. The molecule has 0 aromatic heterocycles. The van der Waals surface area contributed by atoms with E-state index in [1.807, 2.05) is 24.3 Å². The lowest BCUT2D eigenvalue weighted by Gasteiger charge is -2.37. The Balaban J connectivity index is 1.88. The Bertz CT molecular complexity index is 450. The van der Waals surface area contributed by atoms with Gasteiger partial charge in [-0.05, 0) is 56.1 Å². The molecule has 0 atom stereocenters. The van der Waals surface area contributed by atoms with Gasteiger partial charge in [-0.15, -0.1) is 11.6 Å². The number of halogens is 1. The molecule has 1 amide bonds. The molecule has 1 aromatic rings. The highest BCUT2D eigenvalue weighted by molar-refractivity contribution is 6.17. The summed E-state index contributed by atoms with van der Waals surface area (Å²) in [6.07, 6.45) is 2.27. The van der Waals surface area contributed by atoms with E-state index in [2.05, 4.69) is 24.2 Å². The number of nitrogens with zero attached hydrogens (tertiary/aromatic N) is 1. The van der Waals surface area contributed by atoms with E-state index in [9.17, 15) is 4.79 Å². The average Bonchev–Trinajstić information content (AvgIpc) is 2.48. The van der Waals surface area contributed by atoms with Crippen LogP contribution in [0, 0.1) is 5.41 Å². The summed E-state index contributed by atoms with van der Waals surface area (Å²) in [4.78, 5) is 14.5. The van der Waals surface area contributed by atoms with Gasteiger partial charge in [0.05, 0.1) is 0 Å². The fraction of sp³-hybridized carbons (Fsp3) is 0.562.